The highest BCUT2D eigenvalue weighted by Gasteiger charge is 2.30. The fourth-order valence-corrected chi connectivity index (χ4v) is 3.01. The summed E-state index contributed by atoms with van der Waals surface area (Å²) in [5.74, 6) is 0.179. The second-order valence-electron chi connectivity index (χ2n) is 6.29. The summed E-state index contributed by atoms with van der Waals surface area (Å²) in [4.78, 5) is 37.4. The van der Waals surface area contributed by atoms with Gasteiger partial charge in [0, 0.05) is 38.0 Å². The van der Waals surface area contributed by atoms with E-state index in [0.29, 0.717) is 38.9 Å². The van der Waals surface area contributed by atoms with E-state index in [2.05, 4.69) is 10.1 Å². The first-order chi connectivity index (χ1) is 12.5. The minimum atomic E-state index is -0.287. The molecule has 1 aromatic rings. The van der Waals surface area contributed by atoms with Gasteiger partial charge in [-0.2, -0.15) is 0 Å². The van der Waals surface area contributed by atoms with Crippen LogP contribution in [0.5, 0.6) is 5.75 Å². The van der Waals surface area contributed by atoms with Gasteiger partial charge in [-0.25, -0.2) is 0 Å². The van der Waals surface area contributed by atoms with Crippen LogP contribution in [0.3, 0.4) is 0 Å². The number of ether oxygens (including phenoxy) is 2. The van der Waals surface area contributed by atoms with E-state index in [1.54, 1.807) is 12.0 Å². The Morgan fingerprint density at radius 3 is 2.77 bits per heavy atom. The Balaban J connectivity index is 1.87. The van der Waals surface area contributed by atoms with E-state index in [4.69, 9.17) is 4.74 Å². The van der Waals surface area contributed by atoms with E-state index in [-0.39, 0.29) is 30.1 Å². The maximum atomic E-state index is 12.4. The molecule has 0 unspecified atom stereocenters. The summed E-state index contributed by atoms with van der Waals surface area (Å²) in [7, 11) is 2.94. The Kier molecular flexibility index (Phi) is 7.44. The number of rotatable bonds is 8. The third-order valence-electron chi connectivity index (χ3n) is 4.51. The second kappa shape index (κ2) is 9.79. The minimum absolute atomic E-state index is 0.0469. The molecular formula is C19H26N2O5. The van der Waals surface area contributed by atoms with Crippen LogP contribution in [0, 0.1) is 5.92 Å². The monoisotopic (exact) mass is 362 g/mol. The Hall–Kier alpha value is -2.57. The maximum absolute atomic E-state index is 12.4. The van der Waals surface area contributed by atoms with Crippen LogP contribution in [0.15, 0.2) is 24.3 Å². The number of hydrogen-bond donors (Lipinski definition) is 1. The van der Waals surface area contributed by atoms with Crippen LogP contribution in [0.2, 0.25) is 0 Å². The van der Waals surface area contributed by atoms with Crippen LogP contribution in [0.25, 0.3) is 0 Å². The zero-order valence-electron chi connectivity index (χ0n) is 15.3. The van der Waals surface area contributed by atoms with Crippen molar-refractivity contribution in [2.75, 3.05) is 27.3 Å². The fourth-order valence-electron chi connectivity index (χ4n) is 3.01. The number of para-hydroxylation sites is 1. The number of piperidine rings is 1. The van der Waals surface area contributed by atoms with Gasteiger partial charge in [0.05, 0.1) is 20.1 Å². The molecule has 1 aliphatic rings. The van der Waals surface area contributed by atoms with Crippen LogP contribution in [0.1, 0.15) is 31.2 Å². The van der Waals surface area contributed by atoms with E-state index in [1.807, 2.05) is 24.3 Å². The third-order valence-corrected chi connectivity index (χ3v) is 4.51. The number of carbonyl (C=O) groups is 3. The number of amides is 2. The molecule has 26 heavy (non-hydrogen) atoms. The molecule has 142 valence electrons. The van der Waals surface area contributed by atoms with Gasteiger partial charge >= 0.3 is 5.97 Å². The van der Waals surface area contributed by atoms with Gasteiger partial charge in [0.2, 0.25) is 11.8 Å². The number of hydrogen-bond acceptors (Lipinski definition) is 5. The molecule has 7 nitrogen and oxygen atoms in total. The fraction of sp³-hybridized carbons (Fsp3) is 0.526. The number of likely N-dealkylation sites (tertiary alicyclic amines) is 1. The predicted molar refractivity (Wildman–Crippen MR) is 95.4 cm³/mol. The molecular weight excluding hydrogens is 336 g/mol. The van der Waals surface area contributed by atoms with Gasteiger partial charge in [-0.1, -0.05) is 18.2 Å². The molecule has 0 aromatic heterocycles. The Labute approximate surface area is 153 Å². The van der Waals surface area contributed by atoms with Crippen LogP contribution in [-0.2, 0) is 25.7 Å². The van der Waals surface area contributed by atoms with Crippen molar-refractivity contribution in [3.63, 3.8) is 0 Å². The molecule has 1 N–H and O–H groups in total. The zero-order valence-corrected chi connectivity index (χ0v) is 15.3. The van der Waals surface area contributed by atoms with Crippen molar-refractivity contribution < 1.29 is 23.9 Å². The molecule has 0 radical (unpaired) electrons. The number of nitrogens with zero attached hydrogens (tertiary/aromatic N) is 1. The normalized spacial score (nSPS) is 16.9. The molecule has 1 fully saturated rings. The van der Waals surface area contributed by atoms with Gasteiger partial charge in [-0.05, 0) is 18.9 Å². The van der Waals surface area contributed by atoms with Gasteiger partial charge < -0.3 is 19.7 Å². The van der Waals surface area contributed by atoms with Gasteiger partial charge in [0.1, 0.15) is 5.75 Å². The summed E-state index contributed by atoms with van der Waals surface area (Å²) >= 11 is 0. The van der Waals surface area contributed by atoms with E-state index < -0.39 is 0 Å². The summed E-state index contributed by atoms with van der Waals surface area (Å²) in [6, 6.07) is 7.56. The lowest BCUT2D eigenvalue weighted by Crippen LogP contribution is -2.45. The third kappa shape index (κ3) is 5.47. The lowest BCUT2D eigenvalue weighted by atomic mass is 9.96. The minimum Gasteiger partial charge on any atom is -0.496 e. The smallest absolute Gasteiger partial charge is 0.305 e. The highest BCUT2D eigenvalue weighted by molar-refractivity contribution is 5.83. The van der Waals surface area contributed by atoms with Crippen LogP contribution < -0.4 is 10.1 Å². The zero-order chi connectivity index (χ0) is 18.9. The topological polar surface area (TPSA) is 84.9 Å². The number of methoxy groups -OCH3 is 2. The lowest BCUT2D eigenvalue weighted by molar-refractivity contribution is -0.141. The molecule has 2 rings (SSSR count). The van der Waals surface area contributed by atoms with E-state index in [9.17, 15) is 14.4 Å². The number of carbonyl (C=O) groups excluding carboxylic acids is 3. The summed E-state index contributed by atoms with van der Waals surface area (Å²) in [5.41, 5.74) is 0.919. The van der Waals surface area contributed by atoms with Crippen molar-refractivity contribution in [2.45, 2.75) is 32.2 Å². The molecule has 2 amide bonds. The summed E-state index contributed by atoms with van der Waals surface area (Å²) < 4.78 is 9.90. The van der Waals surface area contributed by atoms with Crippen molar-refractivity contribution in [1.82, 2.24) is 10.2 Å². The van der Waals surface area contributed by atoms with E-state index >= 15 is 0 Å². The first-order valence-electron chi connectivity index (χ1n) is 8.79. The maximum Gasteiger partial charge on any atom is 0.305 e. The molecule has 7 heteroatoms. The molecule has 1 aromatic carbocycles. The Morgan fingerprint density at radius 2 is 2.04 bits per heavy atom. The predicted octanol–water partition coefficient (Wildman–Crippen LogP) is 1.50. The van der Waals surface area contributed by atoms with Crippen molar-refractivity contribution in [3.8, 4) is 5.75 Å². The highest BCUT2D eigenvalue weighted by atomic mass is 16.5. The van der Waals surface area contributed by atoms with Crippen LogP contribution >= 0.6 is 0 Å². The van der Waals surface area contributed by atoms with E-state index in [0.717, 1.165) is 11.3 Å². The van der Waals surface area contributed by atoms with Crippen molar-refractivity contribution in [3.05, 3.63) is 29.8 Å². The first-order valence-corrected chi connectivity index (χ1v) is 8.79. The van der Waals surface area contributed by atoms with Gasteiger partial charge in [0.15, 0.2) is 0 Å². The molecule has 1 heterocycles. The summed E-state index contributed by atoms with van der Waals surface area (Å²) in [6.45, 7) is 1.24. The molecule has 0 spiro atoms. The molecule has 0 saturated carbocycles. The van der Waals surface area contributed by atoms with Crippen molar-refractivity contribution in [2.24, 2.45) is 5.92 Å². The second-order valence-corrected chi connectivity index (χ2v) is 6.29. The standard InChI is InChI=1S/C19H26N2O5/c1-25-16-7-4-3-6-14(16)12-21-13-15(9-10-17(21)22)19(24)20-11-5-8-18(23)26-2/h3-4,6-7,15H,5,8-13H2,1-2H3,(H,20,24)/t15-/m0/s1. The Morgan fingerprint density at radius 1 is 1.27 bits per heavy atom. The molecule has 0 bridgehead atoms. The summed E-state index contributed by atoms with van der Waals surface area (Å²) in [5, 5.41) is 2.84. The lowest BCUT2D eigenvalue weighted by Gasteiger charge is -2.32. The van der Waals surface area contributed by atoms with Crippen molar-refractivity contribution in [1.29, 1.82) is 0 Å². The van der Waals surface area contributed by atoms with Gasteiger partial charge in [0.25, 0.3) is 0 Å². The molecule has 0 aliphatic carbocycles. The van der Waals surface area contributed by atoms with Gasteiger partial charge in [-0.3, -0.25) is 14.4 Å². The number of esters is 1. The number of nitrogens with one attached hydrogen (secondary N) is 1. The molecule has 1 atom stereocenters. The summed E-state index contributed by atoms with van der Waals surface area (Å²) in [6.07, 6.45) is 1.72. The van der Waals surface area contributed by atoms with Crippen LogP contribution in [-0.4, -0.2) is 50.0 Å². The van der Waals surface area contributed by atoms with Crippen LogP contribution in [0.4, 0.5) is 0 Å². The van der Waals surface area contributed by atoms with Gasteiger partial charge in [-0.15, -0.1) is 0 Å². The Bertz CT molecular complexity index is 647. The average Bonchev–Trinajstić information content (AvgIpc) is 2.66. The SMILES string of the molecule is COC(=O)CCCNC(=O)[C@H]1CCC(=O)N(Cc2ccccc2OC)C1. The first kappa shape index (κ1) is 19.8. The largest absolute Gasteiger partial charge is 0.496 e. The van der Waals surface area contributed by atoms with Crippen molar-refractivity contribution >= 4 is 17.8 Å². The quantitative estimate of drug-likeness (QED) is 0.560. The number of benzene rings is 1. The average molecular weight is 362 g/mol. The molecule has 1 saturated heterocycles. The highest BCUT2D eigenvalue weighted by Crippen LogP contribution is 2.24. The molecule has 1 aliphatic heterocycles. The van der Waals surface area contributed by atoms with E-state index in [1.165, 1.54) is 7.11 Å².